The van der Waals surface area contributed by atoms with Crippen LogP contribution in [0.25, 0.3) is 0 Å². The van der Waals surface area contributed by atoms with Gasteiger partial charge in [0.25, 0.3) is 0 Å². The minimum atomic E-state index is -0.377. The summed E-state index contributed by atoms with van der Waals surface area (Å²) < 4.78 is 18.5. The highest BCUT2D eigenvalue weighted by atomic mass is 35.5. The summed E-state index contributed by atoms with van der Waals surface area (Å²) in [5.74, 6) is 0.263. The van der Waals surface area contributed by atoms with Crippen LogP contribution in [-0.2, 0) is 0 Å². The maximum Gasteiger partial charge on any atom is 0.174 e. The average molecular weight is 305 g/mol. The van der Waals surface area contributed by atoms with Crippen molar-refractivity contribution >= 4 is 17.3 Å². The molecule has 0 fully saturated rings. The molecule has 21 heavy (non-hydrogen) atoms. The fourth-order valence-electron chi connectivity index (χ4n) is 1.94. The third kappa shape index (κ3) is 4.37. The van der Waals surface area contributed by atoms with Crippen molar-refractivity contribution in [2.24, 2.45) is 0 Å². The minimum absolute atomic E-state index is 0.0205. The quantitative estimate of drug-likeness (QED) is 0.881. The lowest BCUT2D eigenvalue weighted by atomic mass is 10.1. The molecule has 3 nitrogen and oxygen atoms in total. The van der Waals surface area contributed by atoms with E-state index in [4.69, 9.17) is 21.6 Å². The highest BCUT2D eigenvalue weighted by Gasteiger charge is 2.07. The molecule has 0 saturated heterocycles. The molecule has 2 aromatic rings. The summed E-state index contributed by atoms with van der Waals surface area (Å²) in [5, 5.41) is 12.0. The van der Waals surface area contributed by atoms with E-state index in [1.54, 1.807) is 18.2 Å². The second kappa shape index (κ2) is 6.96. The predicted octanol–water partition coefficient (Wildman–Crippen LogP) is 4.55. The van der Waals surface area contributed by atoms with Crippen LogP contribution in [0.3, 0.4) is 0 Å². The first-order valence-electron chi connectivity index (χ1n) is 6.41. The van der Waals surface area contributed by atoms with Crippen LogP contribution < -0.4 is 10.1 Å². The van der Waals surface area contributed by atoms with Crippen LogP contribution in [-0.4, -0.2) is 6.61 Å². The van der Waals surface area contributed by atoms with E-state index < -0.39 is 0 Å². The average Bonchev–Trinajstić information content (AvgIpc) is 2.44. The predicted molar refractivity (Wildman–Crippen MR) is 81.0 cm³/mol. The minimum Gasteiger partial charge on any atom is -0.479 e. The molecule has 1 N–H and O–H groups in total. The molecule has 1 unspecified atom stereocenters. The maximum atomic E-state index is 13.3. The Labute approximate surface area is 127 Å². The van der Waals surface area contributed by atoms with Crippen molar-refractivity contribution in [3.05, 3.63) is 58.9 Å². The number of anilines is 1. The summed E-state index contributed by atoms with van der Waals surface area (Å²) in [5.41, 5.74) is 1.64. The van der Waals surface area contributed by atoms with Crippen molar-refractivity contribution in [1.82, 2.24) is 0 Å². The zero-order valence-corrected chi connectivity index (χ0v) is 12.2. The van der Waals surface area contributed by atoms with E-state index in [0.29, 0.717) is 16.5 Å². The molecule has 2 rings (SSSR count). The fourth-order valence-corrected chi connectivity index (χ4v) is 2.16. The number of benzene rings is 2. The molecule has 0 saturated carbocycles. The number of nitrogens with zero attached hydrogens (tertiary/aromatic N) is 1. The fraction of sp³-hybridized carbons (Fsp3) is 0.188. The lowest BCUT2D eigenvalue weighted by molar-refractivity contribution is 0.368. The van der Waals surface area contributed by atoms with Crippen LogP contribution in [0.2, 0.25) is 5.02 Å². The van der Waals surface area contributed by atoms with Gasteiger partial charge in [0.05, 0.1) is 0 Å². The van der Waals surface area contributed by atoms with E-state index >= 15 is 0 Å². The third-order valence-electron chi connectivity index (χ3n) is 2.93. The summed E-state index contributed by atoms with van der Waals surface area (Å²) >= 11 is 5.83. The standard InChI is InChI=1S/C16H14ClFN2O/c1-11(20-15-9-13(17)8-14(18)10-15)12-2-4-16(5-3-12)21-7-6-19/h2-5,8-11,20H,7H2,1H3. The molecule has 0 aromatic heterocycles. The number of hydrogen-bond acceptors (Lipinski definition) is 3. The van der Waals surface area contributed by atoms with Crippen LogP contribution in [0, 0.1) is 17.1 Å². The molecule has 2 aromatic carbocycles. The molecule has 5 heteroatoms. The van der Waals surface area contributed by atoms with Gasteiger partial charge in [0, 0.05) is 16.8 Å². The van der Waals surface area contributed by atoms with Crippen LogP contribution in [0.15, 0.2) is 42.5 Å². The van der Waals surface area contributed by atoms with Gasteiger partial charge in [-0.15, -0.1) is 0 Å². The number of nitrogens with one attached hydrogen (secondary N) is 1. The second-order valence-electron chi connectivity index (χ2n) is 4.54. The number of nitriles is 1. The van der Waals surface area contributed by atoms with Gasteiger partial charge in [-0.25, -0.2) is 4.39 Å². The Morgan fingerprint density at radius 2 is 2.00 bits per heavy atom. The molecule has 1 atom stereocenters. The van der Waals surface area contributed by atoms with E-state index in [-0.39, 0.29) is 18.5 Å². The molecule has 108 valence electrons. The van der Waals surface area contributed by atoms with E-state index in [0.717, 1.165) is 5.56 Å². The highest BCUT2D eigenvalue weighted by Crippen LogP contribution is 2.24. The van der Waals surface area contributed by atoms with Gasteiger partial charge in [0.1, 0.15) is 17.6 Å². The van der Waals surface area contributed by atoms with Crippen LogP contribution in [0.4, 0.5) is 10.1 Å². The van der Waals surface area contributed by atoms with Gasteiger partial charge in [-0.1, -0.05) is 23.7 Å². The van der Waals surface area contributed by atoms with Crippen molar-refractivity contribution in [3.63, 3.8) is 0 Å². The van der Waals surface area contributed by atoms with E-state index in [1.807, 2.05) is 25.1 Å². The summed E-state index contributed by atoms with van der Waals surface area (Å²) in [6.45, 7) is 1.99. The van der Waals surface area contributed by atoms with Gasteiger partial charge in [0.15, 0.2) is 6.61 Å². The van der Waals surface area contributed by atoms with Gasteiger partial charge in [-0.2, -0.15) is 5.26 Å². The first kappa shape index (κ1) is 15.1. The van der Waals surface area contributed by atoms with Gasteiger partial charge < -0.3 is 10.1 Å². The number of ether oxygens (including phenoxy) is 1. The van der Waals surface area contributed by atoms with E-state index in [2.05, 4.69) is 5.32 Å². The summed E-state index contributed by atoms with van der Waals surface area (Å²) in [4.78, 5) is 0. The number of hydrogen-bond donors (Lipinski definition) is 1. The van der Waals surface area contributed by atoms with Crippen LogP contribution >= 0.6 is 11.6 Å². The summed E-state index contributed by atoms with van der Waals surface area (Å²) in [6, 6.07) is 13.6. The van der Waals surface area contributed by atoms with E-state index in [1.165, 1.54) is 12.1 Å². The van der Waals surface area contributed by atoms with Gasteiger partial charge in [-0.05, 0) is 42.8 Å². The Bertz CT molecular complexity index is 632. The van der Waals surface area contributed by atoms with Crippen molar-refractivity contribution in [2.75, 3.05) is 11.9 Å². The Balaban J connectivity index is 2.06. The Kier molecular flexibility index (Phi) is 5.02. The third-order valence-corrected chi connectivity index (χ3v) is 3.15. The van der Waals surface area contributed by atoms with E-state index in [9.17, 15) is 4.39 Å². The summed E-state index contributed by atoms with van der Waals surface area (Å²) in [6.07, 6.45) is 0. The highest BCUT2D eigenvalue weighted by molar-refractivity contribution is 6.30. The maximum absolute atomic E-state index is 13.3. The Hall–Kier alpha value is -2.25. The normalized spacial score (nSPS) is 11.5. The Morgan fingerprint density at radius 1 is 1.29 bits per heavy atom. The smallest absolute Gasteiger partial charge is 0.174 e. The van der Waals surface area contributed by atoms with Gasteiger partial charge >= 0.3 is 0 Å². The topological polar surface area (TPSA) is 45.0 Å². The molecule has 0 bridgehead atoms. The molecule has 0 aliphatic rings. The van der Waals surface area contributed by atoms with Crippen molar-refractivity contribution in [3.8, 4) is 11.8 Å². The van der Waals surface area contributed by atoms with Crippen LogP contribution in [0.1, 0.15) is 18.5 Å². The molecule has 0 radical (unpaired) electrons. The van der Waals surface area contributed by atoms with Gasteiger partial charge in [0.2, 0.25) is 0 Å². The molecular formula is C16H14ClFN2O. The zero-order chi connectivity index (χ0) is 15.2. The second-order valence-corrected chi connectivity index (χ2v) is 4.98. The monoisotopic (exact) mass is 304 g/mol. The molecule has 0 heterocycles. The summed E-state index contributed by atoms with van der Waals surface area (Å²) in [7, 11) is 0. The van der Waals surface area contributed by atoms with Crippen molar-refractivity contribution in [1.29, 1.82) is 5.26 Å². The lowest BCUT2D eigenvalue weighted by Gasteiger charge is -2.16. The molecular weight excluding hydrogens is 291 g/mol. The largest absolute Gasteiger partial charge is 0.479 e. The zero-order valence-electron chi connectivity index (χ0n) is 11.4. The number of halogens is 2. The number of rotatable bonds is 5. The molecule has 0 spiro atoms. The van der Waals surface area contributed by atoms with Crippen molar-refractivity contribution < 1.29 is 9.13 Å². The molecule has 0 aliphatic heterocycles. The molecule has 0 aliphatic carbocycles. The Morgan fingerprint density at radius 3 is 2.62 bits per heavy atom. The first-order chi connectivity index (χ1) is 10.1. The molecule has 0 amide bonds. The SMILES string of the molecule is CC(Nc1cc(F)cc(Cl)c1)c1ccc(OCC#N)cc1. The first-order valence-corrected chi connectivity index (χ1v) is 6.78. The van der Waals surface area contributed by atoms with Crippen LogP contribution in [0.5, 0.6) is 5.75 Å². The van der Waals surface area contributed by atoms with Gasteiger partial charge in [-0.3, -0.25) is 0 Å². The van der Waals surface area contributed by atoms with Crippen molar-refractivity contribution in [2.45, 2.75) is 13.0 Å². The lowest BCUT2D eigenvalue weighted by Crippen LogP contribution is -2.06.